The van der Waals surface area contributed by atoms with Crippen molar-refractivity contribution in [2.24, 2.45) is 11.3 Å². The van der Waals surface area contributed by atoms with Crippen LogP contribution in [0.4, 0.5) is 5.82 Å². The molecule has 2 saturated heterocycles. The lowest BCUT2D eigenvalue weighted by Gasteiger charge is -2.27. The van der Waals surface area contributed by atoms with Crippen molar-refractivity contribution in [1.82, 2.24) is 9.88 Å². The molecule has 0 bridgehead atoms. The number of anilines is 1. The molecule has 2 unspecified atom stereocenters. The molecular weight excluding hydrogens is 366 g/mol. The van der Waals surface area contributed by atoms with Gasteiger partial charge in [0.2, 0.25) is 0 Å². The summed E-state index contributed by atoms with van der Waals surface area (Å²) in [6.45, 7) is 2.93. The molecule has 0 radical (unpaired) electrons. The zero-order chi connectivity index (χ0) is 19.0. The Hall–Kier alpha value is -1.82. The lowest BCUT2D eigenvalue weighted by molar-refractivity contribution is -0.152. The normalized spacial score (nSPS) is 27.6. The van der Waals surface area contributed by atoms with E-state index in [-0.39, 0.29) is 17.8 Å². The topological polar surface area (TPSA) is 62.7 Å². The molecule has 6 nitrogen and oxygen atoms in total. The first-order valence-corrected chi connectivity index (χ1v) is 10.2. The Morgan fingerprint density at radius 3 is 2.74 bits per heavy atom. The minimum atomic E-state index is -0.442. The highest BCUT2D eigenvalue weighted by Crippen LogP contribution is 2.50. The molecule has 2 aliphatic heterocycles. The van der Waals surface area contributed by atoms with Crippen LogP contribution in [0.15, 0.2) is 12.3 Å². The number of rotatable bonds is 3. The standard InChI is InChI=1S/C20H26ClN3O3/c1-27-19(26)20-7-5-6-15(20)12-24(13-20)17-16(21)10-14(11-22-17)18(25)23-8-3-2-4-9-23/h10-11,15H,2-9,12-13H2,1H3. The number of likely N-dealkylation sites (tertiary alicyclic amines) is 1. The molecule has 0 aromatic carbocycles. The summed E-state index contributed by atoms with van der Waals surface area (Å²) in [5, 5.41) is 0.470. The van der Waals surface area contributed by atoms with Crippen molar-refractivity contribution < 1.29 is 14.3 Å². The minimum absolute atomic E-state index is 0.0000255. The second-order valence-electron chi connectivity index (χ2n) is 8.00. The van der Waals surface area contributed by atoms with E-state index in [1.807, 2.05) is 4.90 Å². The summed E-state index contributed by atoms with van der Waals surface area (Å²) in [7, 11) is 1.46. The highest BCUT2D eigenvalue weighted by molar-refractivity contribution is 6.33. The summed E-state index contributed by atoms with van der Waals surface area (Å²) in [5.74, 6) is 0.808. The number of ether oxygens (including phenoxy) is 1. The van der Waals surface area contributed by atoms with E-state index in [1.165, 1.54) is 13.5 Å². The molecule has 0 N–H and O–H groups in total. The summed E-state index contributed by atoms with van der Waals surface area (Å²) < 4.78 is 5.10. The van der Waals surface area contributed by atoms with Crippen molar-refractivity contribution in [2.75, 3.05) is 38.2 Å². The molecule has 146 valence electrons. The van der Waals surface area contributed by atoms with Crippen molar-refractivity contribution in [3.05, 3.63) is 22.8 Å². The van der Waals surface area contributed by atoms with Crippen LogP contribution in [0.5, 0.6) is 0 Å². The van der Waals surface area contributed by atoms with Crippen LogP contribution in [0.25, 0.3) is 0 Å². The molecule has 1 saturated carbocycles. The number of hydrogen-bond acceptors (Lipinski definition) is 5. The monoisotopic (exact) mass is 391 g/mol. The van der Waals surface area contributed by atoms with Gasteiger partial charge in [-0.2, -0.15) is 0 Å². The van der Waals surface area contributed by atoms with Gasteiger partial charge in [0.25, 0.3) is 5.91 Å². The molecule has 4 rings (SSSR count). The number of esters is 1. The Morgan fingerprint density at radius 2 is 2.04 bits per heavy atom. The third-order valence-electron chi connectivity index (χ3n) is 6.47. The van der Waals surface area contributed by atoms with Gasteiger partial charge in [-0.05, 0) is 44.1 Å². The maximum absolute atomic E-state index is 12.7. The molecule has 1 aromatic rings. The number of amides is 1. The zero-order valence-corrected chi connectivity index (χ0v) is 16.5. The minimum Gasteiger partial charge on any atom is -0.469 e. The van der Waals surface area contributed by atoms with Crippen LogP contribution in [0.1, 0.15) is 48.9 Å². The van der Waals surface area contributed by atoms with E-state index >= 15 is 0 Å². The summed E-state index contributed by atoms with van der Waals surface area (Å²) in [4.78, 5) is 33.6. The number of hydrogen-bond donors (Lipinski definition) is 0. The largest absolute Gasteiger partial charge is 0.469 e. The van der Waals surface area contributed by atoms with Crippen LogP contribution < -0.4 is 4.90 Å². The third kappa shape index (κ3) is 3.18. The summed E-state index contributed by atoms with van der Waals surface area (Å²) in [6.07, 6.45) is 7.83. The van der Waals surface area contributed by atoms with Crippen LogP contribution >= 0.6 is 11.6 Å². The molecule has 3 aliphatic rings. The Bertz CT molecular complexity index is 750. The molecule has 3 heterocycles. The maximum Gasteiger partial charge on any atom is 0.313 e. The van der Waals surface area contributed by atoms with Crippen LogP contribution in [-0.4, -0.2) is 55.0 Å². The van der Waals surface area contributed by atoms with Gasteiger partial charge in [0.05, 0.1) is 23.1 Å². The van der Waals surface area contributed by atoms with Crippen molar-refractivity contribution >= 4 is 29.3 Å². The lowest BCUT2D eigenvalue weighted by Crippen LogP contribution is -2.37. The smallest absolute Gasteiger partial charge is 0.313 e. The van der Waals surface area contributed by atoms with Gasteiger partial charge in [0, 0.05) is 32.4 Å². The first kappa shape index (κ1) is 18.5. The summed E-state index contributed by atoms with van der Waals surface area (Å²) in [6, 6.07) is 1.72. The number of pyridine rings is 1. The molecule has 7 heteroatoms. The Balaban J connectivity index is 1.53. The molecule has 1 aromatic heterocycles. The summed E-state index contributed by atoms with van der Waals surface area (Å²) >= 11 is 6.52. The van der Waals surface area contributed by atoms with Gasteiger partial charge < -0.3 is 14.5 Å². The van der Waals surface area contributed by atoms with E-state index in [4.69, 9.17) is 16.3 Å². The molecule has 1 amide bonds. The van der Waals surface area contributed by atoms with E-state index < -0.39 is 5.41 Å². The fourth-order valence-electron chi connectivity index (χ4n) is 5.05. The third-order valence-corrected chi connectivity index (χ3v) is 6.75. The molecular formula is C20H26ClN3O3. The predicted molar refractivity (Wildman–Crippen MR) is 103 cm³/mol. The van der Waals surface area contributed by atoms with Crippen LogP contribution in [-0.2, 0) is 9.53 Å². The van der Waals surface area contributed by atoms with Gasteiger partial charge in [0.1, 0.15) is 5.82 Å². The molecule has 2 atom stereocenters. The number of piperidine rings is 1. The quantitative estimate of drug-likeness (QED) is 0.741. The Morgan fingerprint density at radius 1 is 1.26 bits per heavy atom. The van der Waals surface area contributed by atoms with Gasteiger partial charge in [-0.25, -0.2) is 4.98 Å². The van der Waals surface area contributed by atoms with E-state index in [0.717, 1.165) is 51.7 Å². The van der Waals surface area contributed by atoms with E-state index in [9.17, 15) is 9.59 Å². The highest BCUT2D eigenvalue weighted by Gasteiger charge is 2.55. The van der Waals surface area contributed by atoms with Gasteiger partial charge >= 0.3 is 5.97 Å². The molecule has 27 heavy (non-hydrogen) atoms. The van der Waals surface area contributed by atoms with Crippen LogP contribution in [0.2, 0.25) is 5.02 Å². The number of carbonyl (C=O) groups is 2. The number of nitrogens with zero attached hydrogens (tertiary/aromatic N) is 3. The lowest BCUT2D eigenvalue weighted by atomic mass is 9.81. The average Bonchev–Trinajstić information content (AvgIpc) is 3.25. The highest BCUT2D eigenvalue weighted by atomic mass is 35.5. The van der Waals surface area contributed by atoms with Crippen molar-refractivity contribution in [3.8, 4) is 0 Å². The first-order valence-electron chi connectivity index (χ1n) is 9.83. The second kappa shape index (κ2) is 7.30. The van der Waals surface area contributed by atoms with Crippen molar-refractivity contribution in [3.63, 3.8) is 0 Å². The maximum atomic E-state index is 12.7. The second-order valence-corrected chi connectivity index (χ2v) is 8.41. The number of halogens is 1. The first-order chi connectivity index (χ1) is 13.0. The van der Waals surface area contributed by atoms with Crippen LogP contribution in [0, 0.1) is 11.3 Å². The van der Waals surface area contributed by atoms with E-state index in [1.54, 1.807) is 12.3 Å². The molecule has 3 fully saturated rings. The molecule has 0 spiro atoms. The van der Waals surface area contributed by atoms with Gasteiger partial charge in [0.15, 0.2) is 0 Å². The molecule has 1 aliphatic carbocycles. The fraction of sp³-hybridized carbons (Fsp3) is 0.650. The van der Waals surface area contributed by atoms with Crippen LogP contribution in [0.3, 0.4) is 0 Å². The van der Waals surface area contributed by atoms with Gasteiger partial charge in [-0.15, -0.1) is 0 Å². The predicted octanol–water partition coefficient (Wildman–Crippen LogP) is 3.14. The van der Waals surface area contributed by atoms with E-state index in [2.05, 4.69) is 9.88 Å². The van der Waals surface area contributed by atoms with E-state index in [0.29, 0.717) is 22.9 Å². The fourth-order valence-corrected chi connectivity index (χ4v) is 5.33. The SMILES string of the molecule is COC(=O)C12CCCC1CN(c1ncc(C(=O)N3CCCCC3)cc1Cl)C2. The number of fused-ring (bicyclic) bond motifs is 1. The Kier molecular flexibility index (Phi) is 5.01. The average molecular weight is 392 g/mol. The van der Waals surface area contributed by atoms with Crippen molar-refractivity contribution in [1.29, 1.82) is 0 Å². The van der Waals surface area contributed by atoms with Crippen molar-refractivity contribution in [2.45, 2.75) is 38.5 Å². The van der Waals surface area contributed by atoms with Gasteiger partial charge in [-0.3, -0.25) is 9.59 Å². The number of methoxy groups -OCH3 is 1. The Labute approximate surface area is 164 Å². The summed E-state index contributed by atoms with van der Waals surface area (Å²) in [5.41, 5.74) is 0.0925. The number of aromatic nitrogens is 1. The van der Waals surface area contributed by atoms with Gasteiger partial charge in [-0.1, -0.05) is 18.0 Å². The number of carbonyl (C=O) groups excluding carboxylic acids is 2. The zero-order valence-electron chi connectivity index (χ0n) is 15.7.